The van der Waals surface area contributed by atoms with Gasteiger partial charge in [0, 0.05) is 28.6 Å². The van der Waals surface area contributed by atoms with Gasteiger partial charge >= 0.3 is 0 Å². The van der Waals surface area contributed by atoms with Crippen LogP contribution in [0.25, 0.3) is 0 Å². The van der Waals surface area contributed by atoms with Crippen molar-refractivity contribution >= 4 is 17.2 Å². The SMILES string of the molecule is Cc1cc(CCCC(=O)NCC2CCCC2O)c(C)s1. The molecule has 3 nitrogen and oxygen atoms in total. The van der Waals surface area contributed by atoms with Gasteiger partial charge in [-0.05, 0) is 51.2 Å². The van der Waals surface area contributed by atoms with Crippen LogP contribution in [-0.4, -0.2) is 23.7 Å². The number of amides is 1. The Morgan fingerprint density at radius 3 is 2.85 bits per heavy atom. The second-order valence-electron chi connectivity index (χ2n) is 5.85. The summed E-state index contributed by atoms with van der Waals surface area (Å²) in [6.45, 7) is 4.91. The first kappa shape index (κ1) is 15.5. The minimum atomic E-state index is -0.216. The molecule has 4 heteroatoms. The first-order chi connectivity index (χ1) is 9.56. The van der Waals surface area contributed by atoms with E-state index < -0.39 is 0 Å². The molecule has 2 unspecified atom stereocenters. The van der Waals surface area contributed by atoms with E-state index in [0.29, 0.717) is 13.0 Å². The standard InChI is InChI=1S/C16H25NO2S/c1-11-9-13(12(2)20-11)5-4-8-16(19)17-10-14-6-3-7-15(14)18/h9,14-15,18H,3-8,10H2,1-2H3,(H,17,19). The molecule has 112 valence electrons. The van der Waals surface area contributed by atoms with Crippen LogP contribution >= 0.6 is 11.3 Å². The average Bonchev–Trinajstić information content (AvgIpc) is 2.93. The summed E-state index contributed by atoms with van der Waals surface area (Å²) >= 11 is 1.83. The molecule has 0 saturated heterocycles. The highest BCUT2D eigenvalue weighted by molar-refractivity contribution is 7.12. The molecule has 1 aliphatic carbocycles. The first-order valence-corrected chi connectivity index (χ1v) is 8.38. The number of nitrogens with one attached hydrogen (secondary N) is 1. The van der Waals surface area contributed by atoms with Gasteiger partial charge in [0.1, 0.15) is 0 Å². The lowest BCUT2D eigenvalue weighted by atomic mass is 10.1. The molecule has 1 heterocycles. The van der Waals surface area contributed by atoms with Gasteiger partial charge in [-0.25, -0.2) is 0 Å². The van der Waals surface area contributed by atoms with Crippen molar-refractivity contribution < 1.29 is 9.90 Å². The number of carbonyl (C=O) groups excluding carboxylic acids is 1. The number of hydrogen-bond donors (Lipinski definition) is 2. The first-order valence-electron chi connectivity index (χ1n) is 7.57. The number of thiophene rings is 1. The van der Waals surface area contributed by atoms with Crippen LogP contribution < -0.4 is 5.32 Å². The van der Waals surface area contributed by atoms with E-state index in [2.05, 4.69) is 25.2 Å². The fourth-order valence-corrected chi connectivity index (χ4v) is 3.94. The third kappa shape index (κ3) is 4.32. The van der Waals surface area contributed by atoms with E-state index in [0.717, 1.165) is 32.1 Å². The van der Waals surface area contributed by atoms with Gasteiger partial charge in [0.15, 0.2) is 0 Å². The summed E-state index contributed by atoms with van der Waals surface area (Å²) in [6.07, 6.45) is 5.25. The number of aryl methyl sites for hydroxylation is 3. The van der Waals surface area contributed by atoms with Crippen molar-refractivity contribution in [1.29, 1.82) is 0 Å². The van der Waals surface area contributed by atoms with Crippen LogP contribution in [0.4, 0.5) is 0 Å². The van der Waals surface area contributed by atoms with Crippen LogP contribution in [0.15, 0.2) is 6.07 Å². The van der Waals surface area contributed by atoms with Crippen LogP contribution in [0, 0.1) is 19.8 Å². The minimum Gasteiger partial charge on any atom is -0.393 e. The van der Waals surface area contributed by atoms with Crippen LogP contribution in [0.2, 0.25) is 0 Å². The van der Waals surface area contributed by atoms with Gasteiger partial charge in [-0.15, -0.1) is 11.3 Å². The summed E-state index contributed by atoms with van der Waals surface area (Å²) < 4.78 is 0. The summed E-state index contributed by atoms with van der Waals surface area (Å²) in [5, 5.41) is 12.7. The van der Waals surface area contributed by atoms with E-state index in [4.69, 9.17) is 0 Å². The van der Waals surface area contributed by atoms with Gasteiger partial charge in [-0.2, -0.15) is 0 Å². The molecule has 2 rings (SSSR count). The predicted octanol–water partition coefficient (Wildman–Crippen LogP) is 2.96. The lowest BCUT2D eigenvalue weighted by Crippen LogP contribution is -2.32. The van der Waals surface area contributed by atoms with Crippen LogP contribution in [-0.2, 0) is 11.2 Å². The smallest absolute Gasteiger partial charge is 0.220 e. The summed E-state index contributed by atoms with van der Waals surface area (Å²) in [4.78, 5) is 14.5. The van der Waals surface area contributed by atoms with E-state index in [1.165, 1.54) is 15.3 Å². The van der Waals surface area contributed by atoms with Gasteiger partial charge < -0.3 is 10.4 Å². The summed E-state index contributed by atoms with van der Waals surface area (Å²) in [5.41, 5.74) is 1.38. The Balaban J connectivity index is 1.64. The summed E-state index contributed by atoms with van der Waals surface area (Å²) in [7, 11) is 0. The lowest BCUT2D eigenvalue weighted by molar-refractivity contribution is -0.121. The van der Waals surface area contributed by atoms with Gasteiger partial charge in [-0.3, -0.25) is 4.79 Å². The molecular formula is C16H25NO2S. The molecule has 0 radical (unpaired) electrons. The average molecular weight is 295 g/mol. The fourth-order valence-electron chi connectivity index (χ4n) is 2.96. The molecule has 1 amide bonds. The molecule has 1 aliphatic rings. The Hall–Kier alpha value is -0.870. The highest BCUT2D eigenvalue weighted by Gasteiger charge is 2.25. The monoisotopic (exact) mass is 295 g/mol. The zero-order chi connectivity index (χ0) is 14.5. The van der Waals surface area contributed by atoms with Gasteiger partial charge in [0.05, 0.1) is 6.10 Å². The lowest BCUT2D eigenvalue weighted by Gasteiger charge is -2.14. The van der Waals surface area contributed by atoms with Crippen LogP contribution in [0.1, 0.15) is 47.4 Å². The highest BCUT2D eigenvalue weighted by Crippen LogP contribution is 2.25. The molecule has 1 aromatic rings. The molecule has 2 atom stereocenters. The molecule has 2 N–H and O–H groups in total. The maximum Gasteiger partial charge on any atom is 0.220 e. The minimum absolute atomic E-state index is 0.119. The Morgan fingerprint density at radius 1 is 1.45 bits per heavy atom. The number of aliphatic hydroxyl groups excluding tert-OH is 1. The third-order valence-corrected chi connectivity index (χ3v) is 5.18. The topological polar surface area (TPSA) is 49.3 Å². The zero-order valence-corrected chi connectivity index (χ0v) is 13.3. The van der Waals surface area contributed by atoms with Crippen molar-refractivity contribution in [3.05, 3.63) is 21.4 Å². The molecule has 1 saturated carbocycles. The predicted molar refractivity (Wildman–Crippen MR) is 83.1 cm³/mol. The van der Waals surface area contributed by atoms with E-state index in [-0.39, 0.29) is 17.9 Å². The fraction of sp³-hybridized carbons (Fsp3) is 0.688. The van der Waals surface area contributed by atoms with E-state index in [1.54, 1.807) is 0 Å². The zero-order valence-electron chi connectivity index (χ0n) is 12.4. The summed E-state index contributed by atoms with van der Waals surface area (Å²) in [5.74, 6) is 0.384. The van der Waals surface area contributed by atoms with Crippen molar-refractivity contribution in [2.45, 2.75) is 58.5 Å². The summed E-state index contributed by atoms with van der Waals surface area (Å²) in [6, 6.07) is 2.23. The third-order valence-electron chi connectivity index (χ3n) is 4.17. The second kappa shape index (κ2) is 7.23. The Bertz CT molecular complexity index is 455. The molecule has 1 fully saturated rings. The van der Waals surface area contributed by atoms with Gasteiger partial charge in [-0.1, -0.05) is 6.42 Å². The molecule has 0 spiro atoms. The molecule has 20 heavy (non-hydrogen) atoms. The molecule has 0 aromatic carbocycles. The maximum absolute atomic E-state index is 11.8. The van der Waals surface area contributed by atoms with Crippen molar-refractivity contribution in [2.75, 3.05) is 6.54 Å². The molecular weight excluding hydrogens is 270 g/mol. The highest BCUT2D eigenvalue weighted by atomic mass is 32.1. The second-order valence-corrected chi connectivity index (χ2v) is 7.31. The number of rotatable bonds is 6. The molecule has 0 bridgehead atoms. The van der Waals surface area contributed by atoms with Gasteiger partial charge in [0.25, 0.3) is 0 Å². The number of carbonyl (C=O) groups is 1. The van der Waals surface area contributed by atoms with Crippen molar-refractivity contribution in [3.8, 4) is 0 Å². The molecule has 0 aliphatic heterocycles. The van der Waals surface area contributed by atoms with Crippen molar-refractivity contribution in [3.63, 3.8) is 0 Å². The van der Waals surface area contributed by atoms with Crippen molar-refractivity contribution in [2.24, 2.45) is 5.92 Å². The van der Waals surface area contributed by atoms with Crippen LogP contribution in [0.3, 0.4) is 0 Å². The Morgan fingerprint density at radius 2 is 2.25 bits per heavy atom. The van der Waals surface area contributed by atoms with E-state index in [9.17, 15) is 9.90 Å². The molecule has 1 aromatic heterocycles. The number of hydrogen-bond acceptors (Lipinski definition) is 3. The van der Waals surface area contributed by atoms with E-state index in [1.807, 2.05) is 11.3 Å². The maximum atomic E-state index is 11.8. The van der Waals surface area contributed by atoms with Crippen LogP contribution in [0.5, 0.6) is 0 Å². The Labute approximate surface area is 125 Å². The normalized spacial score (nSPS) is 22.1. The van der Waals surface area contributed by atoms with E-state index >= 15 is 0 Å². The van der Waals surface area contributed by atoms with Crippen molar-refractivity contribution in [1.82, 2.24) is 5.32 Å². The quantitative estimate of drug-likeness (QED) is 0.847. The van der Waals surface area contributed by atoms with Gasteiger partial charge in [0.2, 0.25) is 5.91 Å². The largest absolute Gasteiger partial charge is 0.393 e. The number of aliphatic hydroxyl groups is 1. The Kier molecular flexibility index (Phi) is 5.61.